The van der Waals surface area contributed by atoms with Gasteiger partial charge in [0.05, 0.1) is 23.3 Å². The molecule has 158 valence electrons. The topological polar surface area (TPSA) is 93.3 Å². The summed E-state index contributed by atoms with van der Waals surface area (Å²) in [5.74, 6) is -0.0931. The van der Waals surface area contributed by atoms with E-state index in [-0.39, 0.29) is 23.9 Å². The summed E-state index contributed by atoms with van der Waals surface area (Å²) < 4.78 is 7.39. The molecule has 1 aliphatic heterocycles. The lowest BCUT2D eigenvalue weighted by molar-refractivity contribution is -0.121. The first-order valence-electron chi connectivity index (χ1n) is 10.5. The van der Waals surface area contributed by atoms with Crippen LogP contribution in [0.1, 0.15) is 19.3 Å². The molecule has 1 atom stereocenters. The summed E-state index contributed by atoms with van der Waals surface area (Å²) in [5.41, 5.74) is 2.13. The number of hydrogen-bond acceptors (Lipinski definition) is 6. The predicted molar refractivity (Wildman–Crippen MR) is 118 cm³/mol. The monoisotopic (exact) mass is 417 g/mol. The third kappa shape index (κ3) is 3.88. The quantitative estimate of drug-likeness (QED) is 0.519. The van der Waals surface area contributed by atoms with Crippen LogP contribution in [0.25, 0.3) is 22.0 Å². The second kappa shape index (κ2) is 8.22. The Hall–Kier alpha value is -3.68. The third-order valence-corrected chi connectivity index (χ3v) is 5.75. The number of benzene rings is 2. The minimum absolute atomic E-state index is 0.0931. The molecule has 31 heavy (non-hydrogen) atoms. The number of oxazole rings is 1. The number of para-hydroxylation sites is 3. The summed E-state index contributed by atoms with van der Waals surface area (Å²) >= 11 is 0. The van der Waals surface area contributed by atoms with Crippen molar-refractivity contribution >= 4 is 33.9 Å². The fraction of sp³-hybridized carbons (Fsp3) is 0.304. The molecule has 1 amide bonds. The van der Waals surface area contributed by atoms with E-state index in [9.17, 15) is 9.59 Å². The molecule has 1 fully saturated rings. The van der Waals surface area contributed by atoms with E-state index in [4.69, 9.17) is 4.42 Å². The lowest BCUT2D eigenvalue weighted by atomic mass is 10.2. The van der Waals surface area contributed by atoms with Crippen LogP contribution in [0.4, 0.5) is 6.01 Å². The Morgan fingerprint density at radius 3 is 2.81 bits per heavy atom. The molecule has 8 nitrogen and oxygen atoms in total. The molecule has 3 heterocycles. The molecule has 8 heteroatoms. The van der Waals surface area contributed by atoms with Crippen LogP contribution in [0, 0.1) is 0 Å². The van der Waals surface area contributed by atoms with Gasteiger partial charge >= 0.3 is 0 Å². The van der Waals surface area contributed by atoms with Gasteiger partial charge in [-0.1, -0.05) is 24.3 Å². The second-order valence-corrected chi connectivity index (χ2v) is 7.77. The number of carbonyl (C=O) groups is 1. The van der Waals surface area contributed by atoms with E-state index in [1.54, 1.807) is 12.1 Å². The fourth-order valence-corrected chi connectivity index (χ4v) is 4.09. The van der Waals surface area contributed by atoms with Gasteiger partial charge in [-0.2, -0.15) is 4.98 Å². The van der Waals surface area contributed by atoms with Crippen molar-refractivity contribution in [3.63, 3.8) is 0 Å². The van der Waals surface area contributed by atoms with Gasteiger partial charge in [-0.05, 0) is 37.1 Å². The number of nitrogens with one attached hydrogen (secondary N) is 1. The zero-order chi connectivity index (χ0) is 21.2. The van der Waals surface area contributed by atoms with Gasteiger partial charge in [-0.15, -0.1) is 0 Å². The average Bonchev–Trinajstić information content (AvgIpc) is 3.44. The molecular weight excluding hydrogens is 394 g/mol. The number of hydrogen-bond donors (Lipinski definition) is 1. The Balaban J connectivity index is 1.19. The van der Waals surface area contributed by atoms with Crippen LogP contribution in [0.15, 0.2) is 64.1 Å². The minimum Gasteiger partial charge on any atom is -0.423 e. The maximum absolute atomic E-state index is 12.5. The molecule has 4 aromatic rings. The maximum Gasteiger partial charge on any atom is 0.298 e. The first-order chi connectivity index (χ1) is 15.2. The van der Waals surface area contributed by atoms with Crippen LogP contribution in [-0.4, -0.2) is 39.6 Å². The summed E-state index contributed by atoms with van der Waals surface area (Å²) in [5, 5.41) is 3.56. The number of fused-ring (bicyclic) bond motifs is 2. The largest absolute Gasteiger partial charge is 0.423 e. The van der Waals surface area contributed by atoms with Gasteiger partial charge < -0.3 is 14.6 Å². The van der Waals surface area contributed by atoms with Crippen LogP contribution in [-0.2, 0) is 11.3 Å². The summed E-state index contributed by atoms with van der Waals surface area (Å²) in [7, 11) is 0. The van der Waals surface area contributed by atoms with Gasteiger partial charge in [0.1, 0.15) is 5.52 Å². The highest BCUT2D eigenvalue weighted by atomic mass is 16.4. The van der Waals surface area contributed by atoms with Crippen molar-refractivity contribution in [3.8, 4) is 0 Å². The van der Waals surface area contributed by atoms with E-state index in [0.29, 0.717) is 30.0 Å². The van der Waals surface area contributed by atoms with Gasteiger partial charge in [0, 0.05) is 26.1 Å². The van der Waals surface area contributed by atoms with Gasteiger partial charge in [0.25, 0.3) is 11.6 Å². The highest BCUT2D eigenvalue weighted by Crippen LogP contribution is 2.27. The van der Waals surface area contributed by atoms with E-state index in [0.717, 1.165) is 30.5 Å². The van der Waals surface area contributed by atoms with Crippen LogP contribution in [0.3, 0.4) is 0 Å². The Kier molecular flexibility index (Phi) is 5.11. The number of aryl methyl sites for hydroxylation is 1. The predicted octanol–water partition coefficient (Wildman–Crippen LogP) is 2.71. The van der Waals surface area contributed by atoms with Crippen molar-refractivity contribution in [1.82, 2.24) is 19.9 Å². The Morgan fingerprint density at radius 2 is 1.94 bits per heavy atom. The smallest absolute Gasteiger partial charge is 0.298 e. The summed E-state index contributed by atoms with van der Waals surface area (Å²) in [4.78, 5) is 36.0. The molecule has 0 saturated carbocycles. The summed E-state index contributed by atoms with van der Waals surface area (Å²) in [6.45, 7) is 1.66. The molecule has 2 aromatic heterocycles. The van der Waals surface area contributed by atoms with Crippen molar-refractivity contribution in [2.24, 2.45) is 0 Å². The van der Waals surface area contributed by atoms with Gasteiger partial charge in [0.15, 0.2) is 5.58 Å². The number of rotatable bonds is 6. The molecule has 2 aromatic carbocycles. The van der Waals surface area contributed by atoms with Crippen LogP contribution in [0.2, 0.25) is 0 Å². The highest BCUT2D eigenvalue weighted by Gasteiger charge is 2.28. The number of anilines is 1. The first-order valence-corrected chi connectivity index (χ1v) is 10.5. The number of amides is 1. The van der Waals surface area contributed by atoms with Gasteiger partial charge in [-0.25, -0.2) is 4.98 Å². The van der Waals surface area contributed by atoms with E-state index in [2.05, 4.69) is 20.2 Å². The molecule has 1 saturated heterocycles. The number of carbonyl (C=O) groups excluding carboxylic acids is 1. The minimum atomic E-state index is -0.128. The molecule has 0 radical (unpaired) electrons. The molecule has 1 aliphatic rings. The lowest BCUT2D eigenvalue weighted by Crippen LogP contribution is -2.40. The van der Waals surface area contributed by atoms with Crippen molar-refractivity contribution in [3.05, 3.63) is 65.2 Å². The van der Waals surface area contributed by atoms with E-state index >= 15 is 0 Å². The van der Waals surface area contributed by atoms with Gasteiger partial charge in [-0.3, -0.25) is 14.2 Å². The van der Waals surface area contributed by atoms with Crippen molar-refractivity contribution < 1.29 is 9.21 Å². The molecule has 0 bridgehead atoms. The molecule has 1 unspecified atom stereocenters. The van der Waals surface area contributed by atoms with E-state index in [1.165, 1.54) is 10.9 Å². The Morgan fingerprint density at radius 1 is 1.13 bits per heavy atom. The van der Waals surface area contributed by atoms with Crippen LogP contribution < -0.4 is 15.8 Å². The summed E-state index contributed by atoms with van der Waals surface area (Å²) in [6, 6.07) is 15.7. The SMILES string of the molecule is O=C(CCn1cnc2ccccc2c1=O)NCC1CCCN1c1nc2ccccc2o1. The van der Waals surface area contributed by atoms with Crippen molar-refractivity contribution in [1.29, 1.82) is 0 Å². The Labute approximate surface area is 178 Å². The average molecular weight is 417 g/mol. The number of nitrogens with zero attached hydrogens (tertiary/aromatic N) is 4. The normalized spacial score (nSPS) is 16.3. The highest BCUT2D eigenvalue weighted by molar-refractivity contribution is 5.78. The van der Waals surface area contributed by atoms with Gasteiger partial charge in [0.2, 0.25) is 5.91 Å². The fourth-order valence-electron chi connectivity index (χ4n) is 4.09. The lowest BCUT2D eigenvalue weighted by Gasteiger charge is -2.23. The number of aromatic nitrogens is 3. The Bertz CT molecular complexity index is 1260. The van der Waals surface area contributed by atoms with Crippen molar-refractivity contribution in [2.45, 2.75) is 31.8 Å². The van der Waals surface area contributed by atoms with E-state index in [1.807, 2.05) is 36.4 Å². The zero-order valence-electron chi connectivity index (χ0n) is 17.0. The molecule has 1 N–H and O–H groups in total. The van der Waals surface area contributed by atoms with Crippen LogP contribution >= 0.6 is 0 Å². The molecule has 0 spiro atoms. The van der Waals surface area contributed by atoms with Crippen molar-refractivity contribution in [2.75, 3.05) is 18.0 Å². The second-order valence-electron chi connectivity index (χ2n) is 7.77. The third-order valence-electron chi connectivity index (χ3n) is 5.75. The molecule has 0 aliphatic carbocycles. The molecule has 5 rings (SSSR count). The van der Waals surface area contributed by atoms with E-state index < -0.39 is 0 Å². The summed E-state index contributed by atoms with van der Waals surface area (Å²) in [6.07, 6.45) is 3.71. The standard InChI is InChI=1S/C23H23N5O3/c29-21(11-13-27-15-25-18-8-2-1-7-17(18)22(27)30)24-14-16-6-5-12-28(16)23-26-19-9-3-4-10-20(19)31-23/h1-4,7-10,15-16H,5-6,11-14H2,(H,24,29). The first kappa shape index (κ1) is 19.3. The maximum atomic E-state index is 12.5. The molecular formula is C23H23N5O3. The van der Waals surface area contributed by atoms with Crippen LogP contribution in [0.5, 0.6) is 0 Å². The zero-order valence-corrected chi connectivity index (χ0v) is 17.0.